The summed E-state index contributed by atoms with van der Waals surface area (Å²) in [6.45, 7) is 0. The number of aromatic carboxylic acids is 1. The van der Waals surface area contributed by atoms with E-state index in [1.807, 2.05) is 0 Å². The van der Waals surface area contributed by atoms with Gasteiger partial charge in [0.05, 0.1) is 34.7 Å². The van der Waals surface area contributed by atoms with Crippen LogP contribution in [0.25, 0.3) is 22.0 Å². The molecule has 0 bridgehead atoms. The van der Waals surface area contributed by atoms with E-state index in [0.29, 0.717) is 24.2 Å². The predicted octanol–water partition coefficient (Wildman–Crippen LogP) is 4.19. The van der Waals surface area contributed by atoms with E-state index in [9.17, 15) is 19.4 Å². The number of ether oxygens (including phenoxy) is 1. The maximum Gasteiger partial charge on any atom is 0.337 e. The zero-order valence-electron chi connectivity index (χ0n) is 14.5. The number of fused-ring (bicyclic) bond motifs is 1. The summed E-state index contributed by atoms with van der Waals surface area (Å²) in [6, 6.07) is 5.65. The lowest BCUT2D eigenvalue weighted by Gasteiger charge is -2.38. The number of benzene rings is 2. The van der Waals surface area contributed by atoms with Crippen LogP contribution in [0.2, 0.25) is 0 Å². The SMILES string of the molecule is COc1cc(-c2c(F)cc3[nH]cc(C(=O)O)c3c2F)ccc1C1(O)CCC1. The Balaban J connectivity index is 1.92. The fraction of sp³-hybridized carbons (Fsp3) is 0.250. The van der Waals surface area contributed by atoms with Crippen LogP contribution in [-0.2, 0) is 5.60 Å². The first kappa shape index (κ1) is 17.5. The summed E-state index contributed by atoms with van der Waals surface area (Å²) in [5, 5.41) is 19.6. The summed E-state index contributed by atoms with van der Waals surface area (Å²) >= 11 is 0. The summed E-state index contributed by atoms with van der Waals surface area (Å²) in [7, 11) is 1.43. The van der Waals surface area contributed by atoms with Crippen molar-refractivity contribution in [1.29, 1.82) is 0 Å². The van der Waals surface area contributed by atoms with Crippen molar-refractivity contribution < 1.29 is 28.5 Å². The zero-order valence-corrected chi connectivity index (χ0v) is 14.5. The molecule has 4 rings (SSSR count). The summed E-state index contributed by atoms with van der Waals surface area (Å²) in [5.41, 5.74) is -0.741. The highest BCUT2D eigenvalue weighted by atomic mass is 19.1. The number of aromatic nitrogens is 1. The first-order chi connectivity index (χ1) is 12.9. The molecular formula is C20H17F2NO4. The first-order valence-corrected chi connectivity index (χ1v) is 8.49. The number of hydrogen-bond donors (Lipinski definition) is 3. The molecule has 1 aromatic heterocycles. The van der Waals surface area contributed by atoms with Crippen LogP contribution in [0.15, 0.2) is 30.5 Å². The highest BCUT2D eigenvalue weighted by Crippen LogP contribution is 2.46. The number of H-pyrrole nitrogens is 1. The second-order valence-corrected chi connectivity index (χ2v) is 6.78. The molecule has 0 saturated heterocycles. The van der Waals surface area contributed by atoms with Gasteiger partial charge in [0.2, 0.25) is 0 Å². The van der Waals surface area contributed by atoms with Gasteiger partial charge in [0, 0.05) is 11.8 Å². The molecule has 1 heterocycles. The maximum atomic E-state index is 15.1. The molecule has 1 aliphatic carbocycles. The quantitative estimate of drug-likeness (QED) is 0.640. The topological polar surface area (TPSA) is 82.6 Å². The Hall–Kier alpha value is -2.93. The number of nitrogens with one attached hydrogen (secondary N) is 1. The average molecular weight is 373 g/mol. The number of rotatable bonds is 4. The van der Waals surface area contributed by atoms with Crippen LogP contribution in [-0.4, -0.2) is 28.3 Å². The van der Waals surface area contributed by atoms with Crippen molar-refractivity contribution in [2.75, 3.05) is 7.11 Å². The summed E-state index contributed by atoms with van der Waals surface area (Å²) in [4.78, 5) is 13.9. The molecule has 1 saturated carbocycles. The molecular weight excluding hydrogens is 356 g/mol. The van der Waals surface area contributed by atoms with Crippen molar-refractivity contribution in [1.82, 2.24) is 4.98 Å². The monoisotopic (exact) mass is 373 g/mol. The van der Waals surface area contributed by atoms with Crippen molar-refractivity contribution >= 4 is 16.9 Å². The minimum absolute atomic E-state index is 0.0681. The lowest BCUT2D eigenvalue weighted by Crippen LogP contribution is -2.34. The molecule has 0 radical (unpaired) electrons. The Bertz CT molecular complexity index is 1070. The van der Waals surface area contributed by atoms with Crippen molar-refractivity contribution in [3.8, 4) is 16.9 Å². The molecule has 7 heteroatoms. The second-order valence-electron chi connectivity index (χ2n) is 6.78. The van der Waals surface area contributed by atoms with Crippen LogP contribution in [0.3, 0.4) is 0 Å². The number of carbonyl (C=O) groups is 1. The maximum absolute atomic E-state index is 15.1. The van der Waals surface area contributed by atoms with E-state index in [1.165, 1.54) is 19.2 Å². The zero-order chi connectivity index (χ0) is 19.3. The third-order valence-corrected chi connectivity index (χ3v) is 5.26. The predicted molar refractivity (Wildman–Crippen MR) is 94.9 cm³/mol. The molecule has 3 aromatic rings. The van der Waals surface area contributed by atoms with Crippen LogP contribution >= 0.6 is 0 Å². The standard InChI is InChI=1S/C20H17F2NO4/c1-27-15-7-10(3-4-12(15)20(26)5-2-6-20)16-13(21)8-14-17(18(16)22)11(9-23-14)19(24)25/h3-4,7-9,23,26H,2,5-6H2,1H3,(H,24,25). The molecule has 1 fully saturated rings. The minimum Gasteiger partial charge on any atom is -0.496 e. The molecule has 0 spiro atoms. The second kappa shape index (κ2) is 6.06. The van der Waals surface area contributed by atoms with Gasteiger partial charge in [0.15, 0.2) is 0 Å². The molecule has 0 aliphatic heterocycles. The first-order valence-electron chi connectivity index (χ1n) is 8.49. The van der Waals surface area contributed by atoms with E-state index in [4.69, 9.17) is 4.74 Å². The van der Waals surface area contributed by atoms with Crippen LogP contribution < -0.4 is 4.74 Å². The van der Waals surface area contributed by atoms with E-state index in [-0.39, 0.29) is 27.6 Å². The lowest BCUT2D eigenvalue weighted by molar-refractivity contribution is -0.0404. The Kier molecular flexibility index (Phi) is 3.92. The van der Waals surface area contributed by atoms with Gasteiger partial charge in [-0.25, -0.2) is 13.6 Å². The number of carboxylic acid groups (broad SMARTS) is 1. The van der Waals surface area contributed by atoms with E-state index in [1.54, 1.807) is 6.07 Å². The van der Waals surface area contributed by atoms with Crippen LogP contribution in [0, 0.1) is 11.6 Å². The van der Waals surface area contributed by atoms with E-state index in [2.05, 4.69) is 4.98 Å². The summed E-state index contributed by atoms with van der Waals surface area (Å²) in [5.74, 6) is -2.75. The van der Waals surface area contributed by atoms with Gasteiger partial charge in [-0.15, -0.1) is 0 Å². The Morgan fingerprint density at radius 2 is 2.00 bits per heavy atom. The Morgan fingerprint density at radius 1 is 1.26 bits per heavy atom. The van der Waals surface area contributed by atoms with Crippen LogP contribution in [0.5, 0.6) is 5.75 Å². The molecule has 5 nitrogen and oxygen atoms in total. The third kappa shape index (κ3) is 2.57. The van der Waals surface area contributed by atoms with Gasteiger partial charge >= 0.3 is 5.97 Å². The van der Waals surface area contributed by atoms with Gasteiger partial charge in [0.1, 0.15) is 17.4 Å². The van der Waals surface area contributed by atoms with Crippen LogP contribution in [0.4, 0.5) is 8.78 Å². The number of methoxy groups -OCH3 is 1. The third-order valence-electron chi connectivity index (χ3n) is 5.26. The molecule has 1 aliphatic rings. The molecule has 27 heavy (non-hydrogen) atoms. The van der Waals surface area contributed by atoms with E-state index >= 15 is 4.39 Å². The molecule has 0 amide bonds. The summed E-state index contributed by atoms with van der Waals surface area (Å²) in [6.07, 6.45) is 3.23. The highest BCUT2D eigenvalue weighted by molar-refractivity contribution is 6.04. The van der Waals surface area contributed by atoms with Crippen LogP contribution in [0.1, 0.15) is 35.2 Å². The number of hydrogen-bond acceptors (Lipinski definition) is 3. The lowest BCUT2D eigenvalue weighted by atomic mass is 9.74. The van der Waals surface area contributed by atoms with Gasteiger partial charge in [-0.1, -0.05) is 12.1 Å². The number of aliphatic hydroxyl groups is 1. The van der Waals surface area contributed by atoms with Crippen molar-refractivity contribution in [3.63, 3.8) is 0 Å². The van der Waals surface area contributed by atoms with Gasteiger partial charge in [-0.3, -0.25) is 0 Å². The fourth-order valence-electron chi connectivity index (χ4n) is 3.66. The highest BCUT2D eigenvalue weighted by Gasteiger charge is 2.38. The minimum atomic E-state index is -1.31. The molecule has 0 unspecified atom stereocenters. The number of halogens is 2. The van der Waals surface area contributed by atoms with Gasteiger partial charge in [-0.2, -0.15) is 0 Å². The Labute approximate surface area is 153 Å². The van der Waals surface area contributed by atoms with E-state index in [0.717, 1.165) is 18.7 Å². The molecule has 140 valence electrons. The van der Waals surface area contributed by atoms with Gasteiger partial charge in [-0.05, 0) is 37.0 Å². The molecule has 0 atom stereocenters. The fourth-order valence-corrected chi connectivity index (χ4v) is 3.66. The largest absolute Gasteiger partial charge is 0.496 e. The Morgan fingerprint density at radius 3 is 2.59 bits per heavy atom. The molecule has 2 aromatic carbocycles. The average Bonchev–Trinajstić information content (AvgIpc) is 3.03. The summed E-state index contributed by atoms with van der Waals surface area (Å²) < 4.78 is 35.1. The molecule has 3 N–H and O–H groups in total. The van der Waals surface area contributed by atoms with Gasteiger partial charge < -0.3 is 19.9 Å². The van der Waals surface area contributed by atoms with Crippen molar-refractivity contribution in [2.45, 2.75) is 24.9 Å². The number of carboxylic acids is 1. The van der Waals surface area contributed by atoms with Crippen molar-refractivity contribution in [2.24, 2.45) is 0 Å². The van der Waals surface area contributed by atoms with E-state index < -0.39 is 23.2 Å². The van der Waals surface area contributed by atoms with Crippen molar-refractivity contribution in [3.05, 3.63) is 53.2 Å². The smallest absolute Gasteiger partial charge is 0.337 e. The normalized spacial score (nSPS) is 15.6. The number of aromatic amines is 1. The van der Waals surface area contributed by atoms with Gasteiger partial charge in [0.25, 0.3) is 0 Å².